The molecule has 1 aromatic rings. The van der Waals surface area contributed by atoms with Gasteiger partial charge in [0.25, 0.3) is 0 Å². The van der Waals surface area contributed by atoms with Gasteiger partial charge in [-0.05, 0) is 0 Å². The fourth-order valence-electron chi connectivity index (χ4n) is 1.13. The molecule has 0 radical (unpaired) electrons. The molecule has 3 N–H and O–H groups in total. The van der Waals surface area contributed by atoms with Gasteiger partial charge in [-0.2, -0.15) is 0 Å². The summed E-state index contributed by atoms with van der Waals surface area (Å²) in [6.07, 6.45) is 0. The van der Waals surface area contributed by atoms with E-state index in [1.807, 2.05) is 0 Å². The van der Waals surface area contributed by atoms with Gasteiger partial charge in [0.2, 0.25) is 0 Å². The molecule has 0 unspecified atom stereocenters. The fraction of sp³-hybridized carbons (Fsp3) is 0.222. The second-order valence-corrected chi connectivity index (χ2v) is 6.81. The first-order valence-corrected chi connectivity index (χ1v) is 7.70. The summed E-state index contributed by atoms with van der Waals surface area (Å²) in [5.74, 6) is 0. The molecule has 0 saturated heterocycles. The molecule has 20 heavy (non-hydrogen) atoms. The first kappa shape index (κ1) is 15.9. The predicted octanol–water partition coefficient (Wildman–Crippen LogP) is 1.44. The van der Waals surface area contributed by atoms with Crippen LogP contribution in [0.4, 0.5) is 17.1 Å². The van der Waals surface area contributed by atoms with Gasteiger partial charge in [-0.3, -0.25) is 0 Å². The molecule has 0 aliphatic heterocycles. The second kappa shape index (κ2) is 5.87. The molecule has 11 heteroatoms. The van der Waals surface area contributed by atoms with Crippen molar-refractivity contribution in [2.75, 3.05) is 12.1 Å². The van der Waals surface area contributed by atoms with Crippen molar-refractivity contribution in [1.82, 2.24) is 0 Å². The molecule has 0 aliphatic rings. The standard InChI is InChI=1S/C9H13N4O6P/c1-6(20(2,18)19)10-11-8-4-3-7(12(14)15)5-9(8)13(16)17/h3-5,11,18-20H,1-2H3. The van der Waals surface area contributed by atoms with E-state index in [0.29, 0.717) is 0 Å². The van der Waals surface area contributed by atoms with E-state index in [0.717, 1.165) is 18.2 Å². The number of benzene rings is 1. The Morgan fingerprint density at radius 1 is 1.30 bits per heavy atom. The average molecular weight is 304 g/mol. The first-order valence-electron chi connectivity index (χ1n) is 5.31. The van der Waals surface area contributed by atoms with E-state index in [4.69, 9.17) is 0 Å². The molecule has 0 saturated carbocycles. The molecule has 1 rings (SSSR count). The van der Waals surface area contributed by atoms with Gasteiger partial charge in [-0.25, -0.2) is 0 Å². The molecular formula is C9H13N4O6P. The molecule has 110 valence electrons. The van der Waals surface area contributed by atoms with Crippen LogP contribution in [-0.2, 0) is 0 Å². The van der Waals surface area contributed by atoms with Gasteiger partial charge in [-0.15, -0.1) is 0 Å². The minimum absolute atomic E-state index is 0.00477. The third kappa shape index (κ3) is 3.92. The summed E-state index contributed by atoms with van der Waals surface area (Å²) >= 11 is 0. The maximum absolute atomic E-state index is 10.8. The zero-order valence-corrected chi connectivity index (χ0v) is 11.6. The molecule has 1 aromatic carbocycles. The quantitative estimate of drug-likeness (QED) is 0.322. The summed E-state index contributed by atoms with van der Waals surface area (Å²) in [5.41, 5.74) is 1.27. The predicted molar refractivity (Wildman–Crippen MR) is 75.2 cm³/mol. The number of hydrogen-bond donors (Lipinski definition) is 3. The Bertz CT molecular complexity index is 582. The van der Waals surface area contributed by atoms with Gasteiger partial charge in [-0.1, -0.05) is 0 Å². The Balaban J connectivity index is 3.13. The van der Waals surface area contributed by atoms with Gasteiger partial charge >= 0.3 is 112 Å². The van der Waals surface area contributed by atoms with Crippen molar-refractivity contribution in [2.24, 2.45) is 5.10 Å². The van der Waals surface area contributed by atoms with Crippen LogP contribution in [0.5, 0.6) is 0 Å². The van der Waals surface area contributed by atoms with E-state index < -0.39 is 28.9 Å². The van der Waals surface area contributed by atoms with Crippen molar-refractivity contribution in [1.29, 1.82) is 0 Å². The number of non-ortho nitro benzene ring substituents is 1. The van der Waals surface area contributed by atoms with Gasteiger partial charge < -0.3 is 0 Å². The number of hydrogen-bond acceptors (Lipinski definition) is 8. The van der Waals surface area contributed by atoms with Crippen LogP contribution >= 0.6 is 7.72 Å². The zero-order chi connectivity index (χ0) is 15.5. The van der Waals surface area contributed by atoms with Gasteiger partial charge in [0.1, 0.15) is 0 Å². The Labute approximate surface area is 113 Å². The molecule has 0 aromatic heterocycles. The van der Waals surface area contributed by atoms with E-state index in [1.165, 1.54) is 13.6 Å². The summed E-state index contributed by atoms with van der Waals surface area (Å²) in [7, 11) is -3.58. The normalized spacial score (nSPS) is 12.9. The van der Waals surface area contributed by atoms with Crippen molar-refractivity contribution < 1.29 is 19.6 Å². The number of nitro groups is 2. The van der Waals surface area contributed by atoms with Crippen molar-refractivity contribution in [3.8, 4) is 0 Å². The van der Waals surface area contributed by atoms with Crippen LogP contribution in [0.2, 0.25) is 0 Å². The van der Waals surface area contributed by atoms with Crippen LogP contribution in [0.15, 0.2) is 23.3 Å². The van der Waals surface area contributed by atoms with Crippen molar-refractivity contribution in [3.05, 3.63) is 38.4 Å². The molecule has 0 heterocycles. The van der Waals surface area contributed by atoms with Crippen LogP contribution in [0.3, 0.4) is 0 Å². The molecule has 0 amide bonds. The van der Waals surface area contributed by atoms with E-state index in [9.17, 15) is 30.0 Å². The average Bonchev–Trinajstić information content (AvgIpc) is 2.34. The third-order valence-corrected chi connectivity index (χ3v) is 3.90. The fourth-order valence-corrected chi connectivity index (χ4v) is 1.40. The zero-order valence-electron chi connectivity index (χ0n) is 10.6. The van der Waals surface area contributed by atoms with E-state index >= 15 is 0 Å². The van der Waals surface area contributed by atoms with E-state index in [-0.39, 0.29) is 11.1 Å². The summed E-state index contributed by atoms with van der Waals surface area (Å²) in [4.78, 5) is 38.6. The van der Waals surface area contributed by atoms with E-state index in [2.05, 4.69) is 10.5 Å². The van der Waals surface area contributed by atoms with E-state index in [1.54, 1.807) is 0 Å². The molecule has 0 bridgehead atoms. The van der Waals surface area contributed by atoms with Crippen LogP contribution < -0.4 is 5.43 Å². The molecule has 0 aliphatic carbocycles. The molecule has 10 nitrogen and oxygen atoms in total. The van der Waals surface area contributed by atoms with Crippen LogP contribution in [-0.4, -0.2) is 31.8 Å². The number of anilines is 1. The summed E-state index contributed by atoms with van der Waals surface area (Å²) in [6, 6.07) is 3.00. The van der Waals surface area contributed by atoms with Crippen LogP contribution in [0.1, 0.15) is 6.92 Å². The molecule has 0 fully saturated rings. The molecular weight excluding hydrogens is 291 g/mol. The number of hydrazone groups is 1. The van der Waals surface area contributed by atoms with Gasteiger partial charge in [0, 0.05) is 0 Å². The Morgan fingerprint density at radius 3 is 2.35 bits per heavy atom. The summed E-state index contributed by atoms with van der Waals surface area (Å²) in [5, 5.41) is 25.0. The SMILES string of the molecule is CC(=NNc1ccc([N+](=O)[O-])cc1[N+](=O)[O-])[PH](C)(O)O. The minimum atomic E-state index is -3.58. The number of nitrogens with one attached hydrogen (secondary N) is 1. The monoisotopic (exact) mass is 304 g/mol. The van der Waals surface area contributed by atoms with Crippen LogP contribution in [0, 0.1) is 20.2 Å². The van der Waals surface area contributed by atoms with Gasteiger partial charge in [0.15, 0.2) is 0 Å². The maximum atomic E-state index is 10.8. The van der Waals surface area contributed by atoms with Crippen molar-refractivity contribution >= 4 is 30.2 Å². The first-order chi connectivity index (χ1) is 9.12. The van der Waals surface area contributed by atoms with Crippen LogP contribution in [0.25, 0.3) is 0 Å². The molecule has 0 spiro atoms. The summed E-state index contributed by atoms with van der Waals surface area (Å²) in [6.45, 7) is 2.56. The Morgan fingerprint density at radius 2 is 1.90 bits per heavy atom. The number of rotatable bonds is 5. The molecule has 0 atom stereocenters. The van der Waals surface area contributed by atoms with Crippen molar-refractivity contribution in [3.63, 3.8) is 0 Å². The van der Waals surface area contributed by atoms with Gasteiger partial charge in [0.05, 0.1) is 0 Å². The topological polar surface area (TPSA) is 151 Å². The summed E-state index contributed by atoms with van der Waals surface area (Å²) < 4.78 is 0. The number of nitro benzene ring substituents is 2. The Hall–Kier alpha value is -2.16. The second-order valence-electron chi connectivity index (χ2n) is 4.05. The Kier molecular flexibility index (Phi) is 4.66. The van der Waals surface area contributed by atoms with Crippen molar-refractivity contribution in [2.45, 2.75) is 6.92 Å². The third-order valence-electron chi connectivity index (χ3n) is 2.42. The number of nitrogens with zero attached hydrogens (tertiary/aromatic N) is 3.